The van der Waals surface area contributed by atoms with Gasteiger partial charge in [-0.05, 0) is 30.2 Å². The molecule has 0 aliphatic carbocycles. The summed E-state index contributed by atoms with van der Waals surface area (Å²) in [5, 5.41) is 5.38. The lowest BCUT2D eigenvalue weighted by Crippen LogP contribution is -2.19. The van der Waals surface area contributed by atoms with Gasteiger partial charge in [-0.1, -0.05) is 65.3 Å². The first-order valence-corrected chi connectivity index (χ1v) is 9.39. The van der Waals surface area contributed by atoms with Crippen molar-refractivity contribution in [3.8, 4) is 11.1 Å². The molecule has 0 amide bonds. The lowest BCUT2D eigenvalue weighted by Gasteiger charge is -2.04. The van der Waals surface area contributed by atoms with E-state index in [0.717, 1.165) is 16.9 Å². The smallest absolute Gasteiger partial charge is 0.285 e. The van der Waals surface area contributed by atoms with Crippen LogP contribution < -0.4 is 5.69 Å². The van der Waals surface area contributed by atoms with Gasteiger partial charge in [0.05, 0.1) is 6.20 Å². The van der Waals surface area contributed by atoms with E-state index >= 15 is 0 Å². The Morgan fingerprint density at radius 3 is 2.58 bits per heavy atom. The molecule has 26 heavy (non-hydrogen) atoms. The third-order valence-corrected chi connectivity index (χ3v) is 5.21. The van der Waals surface area contributed by atoms with E-state index in [4.69, 9.17) is 11.6 Å². The number of aromatic amines is 1. The van der Waals surface area contributed by atoms with Gasteiger partial charge >= 0.3 is 5.69 Å². The third kappa shape index (κ3) is 3.38. The number of hydrogen-bond acceptors (Lipinski definition) is 4. The minimum absolute atomic E-state index is 0.304. The van der Waals surface area contributed by atoms with Crippen molar-refractivity contribution in [1.29, 1.82) is 0 Å². The number of aryl methyl sites for hydroxylation is 1. The monoisotopic (exact) mass is 382 g/mol. The summed E-state index contributed by atoms with van der Waals surface area (Å²) in [4.78, 5) is 19.7. The van der Waals surface area contributed by atoms with E-state index in [1.54, 1.807) is 18.3 Å². The van der Waals surface area contributed by atoms with Gasteiger partial charge in [0.2, 0.25) is 0 Å². The fourth-order valence-electron chi connectivity index (χ4n) is 2.60. The SMILES string of the molecule is Cc1ccc(CSc2nc3c(-c4ccc(Cl)cc4)cnn3c(=O)[nH]2)cc1. The number of nitrogens with one attached hydrogen (secondary N) is 1. The highest BCUT2D eigenvalue weighted by atomic mass is 35.5. The van der Waals surface area contributed by atoms with Crippen molar-refractivity contribution in [2.75, 3.05) is 0 Å². The summed E-state index contributed by atoms with van der Waals surface area (Å²) in [6, 6.07) is 15.7. The van der Waals surface area contributed by atoms with Gasteiger partial charge in [-0.3, -0.25) is 4.98 Å². The molecule has 0 radical (unpaired) electrons. The molecule has 130 valence electrons. The second-order valence-corrected chi connectivity index (χ2v) is 7.32. The minimum atomic E-state index is -0.304. The summed E-state index contributed by atoms with van der Waals surface area (Å²) in [6.07, 6.45) is 1.65. The van der Waals surface area contributed by atoms with Gasteiger partial charge in [0.25, 0.3) is 0 Å². The number of aromatic nitrogens is 4. The zero-order chi connectivity index (χ0) is 18.1. The zero-order valence-electron chi connectivity index (χ0n) is 13.9. The second-order valence-electron chi connectivity index (χ2n) is 5.92. The van der Waals surface area contributed by atoms with Gasteiger partial charge in [0.15, 0.2) is 10.8 Å². The van der Waals surface area contributed by atoms with Crippen LogP contribution in [-0.2, 0) is 5.75 Å². The molecule has 1 N–H and O–H groups in total. The summed E-state index contributed by atoms with van der Waals surface area (Å²) in [5.41, 5.74) is 4.33. The standard InChI is InChI=1S/C19H15ClN4OS/c1-12-2-4-13(5-3-12)11-26-18-22-17-16(10-21-24(17)19(25)23-18)14-6-8-15(20)9-7-14/h2-10H,11H2,1H3,(H,22,23,25). The molecule has 0 aliphatic heterocycles. The molecule has 2 heterocycles. The predicted molar refractivity (Wildman–Crippen MR) is 105 cm³/mol. The molecule has 0 aliphatic rings. The zero-order valence-corrected chi connectivity index (χ0v) is 15.5. The first-order chi connectivity index (χ1) is 12.6. The van der Waals surface area contributed by atoms with Crippen molar-refractivity contribution in [3.63, 3.8) is 0 Å². The van der Waals surface area contributed by atoms with Crippen LogP contribution in [0.3, 0.4) is 0 Å². The first-order valence-electron chi connectivity index (χ1n) is 8.02. The van der Waals surface area contributed by atoms with Gasteiger partial charge in [0.1, 0.15) is 0 Å². The normalized spacial score (nSPS) is 11.2. The van der Waals surface area contributed by atoms with Gasteiger partial charge < -0.3 is 0 Å². The summed E-state index contributed by atoms with van der Waals surface area (Å²) in [6.45, 7) is 2.06. The molecule has 0 saturated heterocycles. The number of H-pyrrole nitrogens is 1. The van der Waals surface area contributed by atoms with Gasteiger partial charge in [0, 0.05) is 16.3 Å². The lowest BCUT2D eigenvalue weighted by molar-refractivity contribution is 0.786. The fraction of sp³-hybridized carbons (Fsp3) is 0.105. The predicted octanol–water partition coefficient (Wildman–Crippen LogP) is 4.34. The number of thioether (sulfide) groups is 1. The maximum atomic E-state index is 12.3. The van der Waals surface area contributed by atoms with E-state index in [1.165, 1.54) is 27.4 Å². The Morgan fingerprint density at radius 2 is 1.85 bits per heavy atom. The van der Waals surface area contributed by atoms with Crippen molar-refractivity contribution in [1.82, 2.24) is 19.6 Å². The molecule has 2 aromatic carbocycles. The molecule has 0 spiro atoms. The molecule has 7 heteroatoms. The van der Waals surface area contributed by atoms with Crippen LogP contribution in [0.1, 0.15) is 11.1 Å². The Bertz CT molecular complexity index is 1120. The van der Waals surface area contributed by atoms with Gasteiger partial charge in [-0.15, -0.1) is 0 Å². The van der Waals surface area contributed by atoms with Crippen molar-refractivity contribution in [3.05, 3.63) is 81.4 Å². The largest absolute Gasteiger partial charge is 0.350 e. The number of nitrogens with zero attached hydrogens (tertiary/aromatic N) is 3. The van der Waals surface area contributed by atoms with Crippen LogP contribution in [0.5, 0.6) is 0 Å². The van der Waals surface area contributed by atoms with Crippen molar-refractivity contribution in [2.24, 2.45) is 0 Å². The molecule has 4 aromatic rings. The van der Waals surface area contributed by atoms with Crippen LogP contribution in [0.25, 0.3) is 16.8 Å². The number of fused-ring (bicyclic) bond motifs is 1. The Hall–Kier alpha value is -2.57. The molecule has 5 nitrogen and oxygen atoms in total. The van der Waals surface area contributed by atoms with E-state index < -0.39 is 0 Å². The second kappa shape index (κ2) is 6.97. The molecule has 0 unspecified atom stereocenters. The van der Waals surface area contributed by atoms with Crippen molar-refractivity contribution >= 4 is 29.0 Å². The molecular weight excluding hydrogens is 368 g/mol. The van der Waals surface area contributed by atoms with E-state index in [9.17, 15) is 4.79 Å². The molecule has 0 fully saturated rings. The third-order valence-electron chi connectivity index (χ3n) is 4.01. The fourth-order valence-corrected chi connectivity index (χ4v) is 3.54. The Balaban J connectivity index is 1.68. The topological polar surface area (TPSA) is 63.1 Å². The highest BCUT2D eigenvalue weighted by molar-refractivity contribution is 7.98. The highest BCUT2D eigenvalue weighted by Crippen LogP contribution is 2.26. The number of halogens is 1. The summed E-state index contributed by atoms with van der Waals surface area (Å²) in [5.74, 6) is 0.726. The molecule has 4 rings (SSSR count). The molecule has 0 bridgehead atoms. The number of rotatable bonds is 4. The summed E-state index contributed by atoms with van der Waals surface area (Å²) < 4.78 is 1.28. The van der Waals surface area contributed by atoms with Crippen LogP contribution in [0.2, 0.25) is 5.02 Å². The van der Waals surface area contributed by atoms with E-state index in [-0.39, 0.29) is 5.69 Å². The molecule has 0 saturated carbocycles. The van der Waals surface area contributed by atoms with E-state index in [1.807, 2.05) is 12.1 Å². The van der Waals surface area contributed by atoms with Crippen LogP contribution >= 0.6 is 23.4 Å². The average molecular weight is 383 g/mol. The lowest BCUT2D eigenvalue weighted by atomic mass is 10.1. The van der Waals surface area contributed by atoms with Crippen molar-refractivity contribution < 1.29 is 0 Å². The molecule has 2 aromatic heterocycles. The van der Waals surface area contributed by atoms with Crippen LogP contribution in [0.15, 0.2) is 64.7 Å². The Labute approximate surface area is 159 Å². The molecular formula is C19H15ClN4OS. The highest BCUT2D eigenvalue weighted by Gasteiger charge is 2.12. The Morgan fingerprint density at radius 1 is 1.12 bits per heavy atom. The van der Waals surface area contributed by atoms with Gasteiger partial charge in [-0.25, -0.2) is 9.78 Å². The van der Waals surface area contributed by atoms with Gasteiger partial charge in [-0.2, -0.15) is 9.61 Å². The van der Waals surface area contributed by atoms with E-state index in [2.05, 4.69) is 46.3 Å². The summed E-state index contributed by atoms with van der Waals surface area (Å²) >= 11 is 7.45. The van der Waals surface area contributed by atoms with Crippen LogP contribution in [0.4, 0.5) is 0 Å². The Kier molecular flexibility index (Phi) is 4.53. The van der Waals surface area contributed by atoms with Crippen molar-refractivity contribution in [2.45, 2.75) is 17.8 Å². The summed E-state index contributed by atoms with van der Waals surface area (Å²) in [7, 11) is 0. The molecule has 0 atom stereocenters. The maximum absolute atomic E-state index is 12.3. The number of benzene rings is 2. The quantitative estimate of drug-likeness (QED) is 0.533. The number of hydrogen-bond donors (Lipinski definition) is 1. The minimum Gasteiger partial charge on any atom is -0.285 e. The van der Waals surface area contributed by atoms with Crippen LogP contribution in [0, 0.1) is 6.92 Å². The van der Waals surface area contributed by atoms with E-state index in [0.29, 0.717) is 15.8 Å². The first kappa shape index (κ1) is 16.9. The van der Waals surface area contributed by atoms with Crippen LogP contribution in [-0.4, -0.2) is 19.6 Å². The average Bonchev–Trinajstić information content (AvgIpc) is 3.06. The maximum Gasteiger partial charge on any atom is 0.350 e.